The number of hydrogen-bond acceptors (Lipinski definition) is 5. The molecule has 1 N–H and O–H groups in total. The van der Waals surface area contributed by atoms with Crippen LogP contribution in [0.2, 0.25) is 0 Å². The van der Waals surface area contributed by atoms with Crippen LogP contribution in [0.25, 0.3) is 10.2 Å². The fourth-order valence-electron chi connectivity index (χ4n) is 3.04. The van der Waals surface area contributed by atoms with Gasteiger partial charge >= 0.3 is 0 Å². The molecule has 3 aromatic rings. The van der Waals surface area contributed by atoms with Crippen LogP contribution in [-0.4, -0.2) is 16.2 Å². The molecule has 0 unspecified atom stereocenters. The normalized spacial score (nSPS) is 14.0. The van der Waals surface area contributed by atoms with Crippen LogP contribution in [0.4, 0.5) is 20.3 Å². The van der Waals surface area contributed by atoms with Gasteiger partial charge in [0, 0.05) is 10.9 Å². The molecule has 3 nitrogen and oxygen atoms in total. The van der Waals surface area contributed by atoms with Gasteiger partial charge < -0.3 is 5.32 Å². The molecule has 0 saturated carbocycles. The molecule has 2 aromatic heterocycles. The highest BCUT2D eigenvalue weighted by molar-refractivity contribution is 7.98. The van der Waals surface area contributed by atoms with Crippen molar-refractivity contribution in [2.75, 3.05) is 11.6 Å². The number of nitrogens with zero attached hydrogens (tertiary/aromatic N) is 2. The first-order chi connectivity index (χ1) is 11.7. The fraction of sp³-hybridized carbons (Fsp3) is 0.294. The van der Waals surface area contributed by atoms with Crippen molar-refractivity contribution in [3.8, 4) is 0 Å². The Morgan fingerprint density at radius 3 is 2.83 bits per heavy atom. The van der Waals surface area contributed by atoms with Crippen molar-refractivity contribution in [3.63, 3.8) is 0 Å². The largest absolute Gasteiger partial charge is 0.337 e. The average Bonchev–Trinajstić information content (AvgIpc) is 2.96. The number of rotatable bonds is 3. The molecule has 124 valence electrons. The lowest BCUT2D eigenvalue weighted by molar-refractivity contribution is 0.603. The van der Waals surface area contributed by atoms with Crippen LogP contribution in [-0.2, 0) is 12.8 Å². The van der Waals surface area contributed by atoms with E-state index in [-0.39, 0.29) is 5.69 Å². The van der Waals surface area contributed by atoms with Gasteiger partial charge in [-0.15, -0.1) is 11.3 Å². The molecule has 0 radical (unpaired) electrons. The van der Waals surface area contributed by atoms with Crippen molar-refractivity contribution in [1.29, 1.82) is 0 Å². The number of halogens is 2. The maximum Gasteiger partial charge on any atom is 0.190 e. The molecule has 1 aliphatic rings. The van der Waals surface area contributed by atoms with E-state index in [1.165, 1.54) is 28.6 Å². The van der Waals surface area contributed by atoms with Gasteiger partial charge in [-0.3, -0.25) is 0 Å². The molecular weight excluding hydrogens is 348 g/mol. The molecule has 0 aliphatic heterocycles. The van der Waals surface area contributed by atoms with E-state index >= 15 is 0 Å². The van der Waals surface area contributed by atoms with Crippen molar-refractivity contribution in [2.45, 2.75) is 30.8 Å². The van der Waals surface area contributed by atoms with Crippen molar-refractivity contribution in [2.24, 2.45) is 0 Å². The molecule has 1 aliphatic carbocycles. The lowest BCUT2D eigenvalue weighted by Crippen LogP contribution is -2.03. The Balaban J connectivity index is 1.89. The zero-order valence-electron chi connectivity index (χ0n) is 13.0. The summed E-state index contributed by atoms with van der Waals surface area (Å²) >= 11 is 3.13. The summed E-state index contributed by atoms with van der Waals surface area (Å²) in [5.74, 6) is -0.423. The number of anilines is 2. The van der Waals surface area contributed by atoms with Gasteiger partial charge in [0.2, 0.25) is 0 Å². The first kappa shape index (κ1) is 15.8. The predicted octanol–water partition coefficient (Wildman–Crippen LogP) is 5.31. The van der Waals surface area contributed by atoms with Crippen LogP contribution in [0.15, 0.2) is 23.4 Å². The van der Waals surface area contributed by atoms with Crippen LogP contribution in [0.5, 0.6) is 0 Å². The van der Waals surface area contributed by atoms with Crippen molar-refractivity contribution in [1.82, 2.24) is 9.97 Å². The maximum atomic E-state index is 14.0. The van der Waals surface area contributed by atoms with Gasteiger partial charge in [0.1, 0.15) is 22.3 Å². The van der Waals surface area contributed by atoms with Crippen molar-refractivity contribution < 1.29 is 8.78 Å². The highest BCUT2D eigenvalue weighted by Crippen LogP contribution is 2.40. The molecule has 7 heteroatoms. The Bertz CT molecular complexity index is 924. The molecule has 1 aromatic carbocycles. The summed E-state index contributed by atoms with van der Waals surface area (Å²) in [6.45, 7) is 0. The summed E-state index contributed by atoms with van der Waals surface area (Å²) in [6.07, 6.45) is 6.26. The van der Waals surface area contributed by atoms with Gasteiger partial charge in [0.05, 0.1) is 11.1 Å². The number of aromatic nitrogens is 2. The number of benzene rings is 1. The second-order valence-corrected chi connectivity index (χ2v) is 7.56. The lowest BCUT2D eigenvalue weighted by Gasteiger charge is -2.13. The van der Waals surface area contributed by atoms with Crippen molar-refractivity contribution in [3.05, 3.63) is 40.3 Å². The molecule has 0 bridgehead atoms. The number of hydrogen-bond donors (Lipinski definition) is 1. The average molecular weight is 363 g/mol. The summed E-state index contributed by atoms with van der Waals surface area (Å²) in [4.78, 5) is 11.4. The second kappa shape index (κ2) is 6.29. The van der Waals surface area contributed by atoms with Gasteiger partial charge in [-0.05, 0) is 49.6 Å². The monoisotopic (exact) mass is 363 g/mol. The van der Waals surface area contributed by atoms with Crippen LogP contribution in [0, 0.1) is 11.6 Å². The fourth-order valence-corrected chi connectivity index (χ4v) is 4.72. The Kier molecular flexibility index (Phi) is 4.14. The van der Waals surface area contributed by atoms with E-state index in [1.807, 2.05) is 6.26 Å². The number of aryl methyl sites for hydroxylation is 2. The smallest absolute Gasteiger partial charge is 0.190 e. The SMILES string of the molecule is CSc1nc(Nc2cc(F)ccc2F)c2c3c(sc2n1)CCCC3. The Morgan fingerprint density at radius 2 is 2.00 bits per heavy atom. The van der Waals surface area contributed by atoms with Crippen LogP contribution < -0.4 is 5.32 Å². The van der Waals surface area contributed by atoms with Gasteiger partial charge in [0.15, 0.2) is 5.16 Å². The third-order valence-corrected chi connectivity index (χ3v) is 5.89. The molecule has 2 heterocycles. The third kappa shape index (κ3) is 2.75. The van der Waals surface area contributed by atoms with E-state index < -0.39 is 11.6 Å². The van der Waals surface area contributed by atoms with E-state index in [1.54, 1.807) is 11.3 Å². The zero-order valence-corrected chi connectivity index (χ0v) is 14.7. The van der Waals surface area contributed by atoms with Crippen LogP contribution >= 0.6 is 23.1 Å². The summed E-state index contributed by atoms with van der Waals surface area (Å²) in [7, 11) is 0. The number of thioether (sulfide) groups is 1. The quantitative estimate of drug-likeness (QED) is 0.505. The van der Waals surface area contributed by atoms with E-state index in [4.69, 9.17) is 0 Å². The molecule has 24 heavy (non-hydrogen) atoms. The highest BCUT2D eigenvalue weighted by Gasteiger charge is 2.21. The minimum Gasteiger partial charge on any atom is -0.337 e. The first-order valence-electron chi connectivity index (χ1n) is 7.74. The van der Waals surface area contributed by atoms with Crippen LogP contribution in [0.3, 0.4) is 0 Å². The summed E-state index contributed by atoms with van der Waals surface area (Å²) in [5.41, 5.74) is 1.35. The molecule has 0 spiro atoms. The summed E-state index contributed by atoms with van der Waals surface area (Å²) in [6, 6.07) is 3.38. The summed E-state index contributed by atoms with van der Waals surface area (Å²) < 4.78 is 27.5. The molecule has 0 atom stereocenters. The predicted molar refractivity (Wildman–Crippen MR) is 95.5 cm³/mol. The van der Waals surface area contributed by atoms with Crippen LogP contribution in [0.1, 0.15) is 23.3 Å². The lowest BCUT2D eigenvalue weighted by atomic mass is 9.97. The topological polar surface area (TPSA) is 37.8 Å². The van der Waals surface area contributed by atoms with Gasteiger partial charge in [-0.25, -0.2) is 18.7 Å². The molecule has 0 fully saturated rings. The Hall–Kier alpha value is -1.73. The highest BCUT2D eigenvalue weighted by atomic mass is 32.2. The number of fused-ring (bicyclic) bond motifs is 3. The maximum absolute atomic E-state index is 14.0. The molecule has 4 rings (SSSR count). The van der Waals surface area contributed by atoms with E-state index in [2.05, 4.69) is 15.3 Å². The van der Waals surface area contributed by atoms with Gasteiger partial charge in [-0.1, -0.05) is 11.8 Å². The molecular formula is C17H15F2N3S2. The van der Waals surface area contributed by atoms with Gasteiger partial charge in [-0.2, -0.15) is 0 Å². The Labute approximate surface area is 146 Å². The summed E-state index contributed by atoms with van der Waals surface area (Å²) in [5, 5.41) is 4.57. The number of thiophene rings is 1. The standard InChI is InChI=1S/C17H15F2N3S2/c1-23-17-21-15(20-12-8-9(18)6-7-11(12)19)14-10-4-2-3-5-13(10)24-16(14)22-17/h6-8H,2-5H2,1H3,(H,20,21,22). The minimum atomic E-state index is -0.502. The number of nitrogens with one attached hydrogen (secondary N) is 1. The molecule has 0 saturated heterocycles. The first-order valence-corrected chi connectivity index (χ1v) is 9.78. The van der Waals surface area contributed by atoms with Gasteiger partial charge in [0.25, 0.3) is 0 Å². The third-order valence-electron chi connectivity index (χ3n) is 4.16. The second-order valence-electron chi connectivity index (χ2n) is 5.70. The van der Waals surface area contributed by atoms with E-state index in [0.717, 1.165) is 47.7 Å². The van der Waals surface area contributed by atoms with E-state index in [0.29, 0.717) is 11.0 Å². The zero-order chi connectivity index (χ0) is 16.7. The Morgan fingerprint density at radius 1 is 1.17 bits per heavy atom. The van der Waals surface area contributed by atoms with E-state index in [9.17, 15) is 8.78 Å². The molecule has 0 amide bonds. The minimum absolute atomic E-state index is 0.0952. The van der Waals surface area contributed by atoms with Crippen molar-refractivity contribution >= 4 is 44.8 Å².